The lowest BCUT2D eigenvalue weighted by Crippen LogP contribution is -2.36. The van der Waals surface area contributed by atoms with Gasteiger partial charge >= 0.3 is 5.97 Å². The number of aromatic carboxylic acids is 1. The molecule has 1 amide bonds. The topological polar surface area (TPSA) is 80.0 Å². The number of benzene rings is 1. The van der Waals surface area contributed by atoms with Crippen molar-refractivity contribution in [2.24, 2.45) is 0 Å². The Hall–Kier alpha value is -2.60. The second-order valence-electron chi connectivity index (χ2n) is 5.78. The predicted molar refractivity (Wildman–Crippen MR) is 85.8 cm³/mol. The van der Waals surface area contributed by atoms with Crippen molar-refractivity contribution >= 4 is 11.9 Å². The molecule has 2 heterocycles. The number of furan rings is 1. The first kappa shape index (κ1) is 16.3. The van der Waals surface area contributed by atoms with Gasteiger partial charge in [0, 0.05) is 19.7 Å². The minimum Gasteiger partial charge on any atom is -0.475 e. The molecule has 1 aliphatic heterocycles. The summed E-state index contributed by atoms with van der Waals surface area (Å²) in [5, 5.41) is 8.94. The lowest BCUT2D eigenvalue weighted by Gasteiger charge is -2.24. The van der Waals surface area contributed by atoms with E-state index in [9.17, 15) is 9.59 Å². The van der Waals surface area contributed by atoms with Gasteiger partial charge in [-0.3, -0.25) is 4.79 Å². The second kappa shape index (κ2) is 7.31. The van der Waals surface area contributed by atoms with Crippen molar-refractivity contribution in [1.82, 2.24) is 4.90 Å². The molecule has 1 aromatic heterocycles. The molecule has 1 aliphatic rings. The molecule has 2 aromatic rings. The summed E-state index contributed by atoms with van der Waals surface area (Å²) in [6.07, 6.45) is 1.91. The van der Waals surface area contributed by atoms with E-state index in [0.29, 0.717) is 19.7 Å². The minimum absolute atomic E-state index is 0.00608. The first-order chi connectivity index (χ1) is 11.6. The van der Waals surface area contributed by atoms with E-state index >= 15 is 0 Å². The Kier molecular flexibility index (Phi) is 4.96. The van der Waals surface area contributed by atoms with Crippen LogP contribution in [0.5, 0.6) is 0 Å². The van der Waals surface area contributed by atoms with E-state index in [1.165, 1.54) is 12.1 Å². The molecule has 0 spiro atoms. The van der Waals surface area contributed by atoms with Crippen LogP contribution in [0.15, 0.2) is 46.9 Å². The fraction of sp³-hybridized carbons (Fsp3) is 0.333. The number of rotatable bonds is 6. The zero-order valence-corrected chi connectivity index (χ0v) is 13.2. The third kappa shape index (κ3) is 3.83. The summed E-state index contributed by atoms with van der Waals surface area (Å²) in [6.45, 7) is 1.58. The monoisotopic (exact) mass is 329 g/mol. The van der Waals surface area contributed by atoms with E-state index < -0.39 is 5.97 Å². The number of nitrogens with zero attached hydrogens (tertiary/aromatic N) is 1. The van der Waals surface area contributed by atoms with Crippen molar-refractivity contribution in [3.63, 3.8) is 0 Å². The Balaban J connectivity index is 1.78. The molecule has 0 saturated carbocycles. The van der Waals surface area contributed by atoms with Crippen molar-refractivity contribution < 1.29 is 23.8 Å². The van der Waals surface area contributed by atoms with E-state index in [1.54, 1.807) is 4.90 Å². The summed E-state index contributed by atoms with van der Waals surface area (Å²) in [4.78, 5) is 25.3. The summed E-state index contributed by atoms with van der Waals surface area (Å²) in [5.74, 6) is -1.74. The molecule has 0 bridgehead atoms. The standard InChI is InChI=1S/C18H19NO5/c20-17(15-8-9-16(24-15)18(21)22)19(12-14-7-4-10-23-14)11-13-5-2-1-3-6-13/h1-3,5-6,8-9,14H,4,7,10-12H2,(H,21,22). The van der Waals surface area contributed by atoms with Gasteiger partial charge in [0.15, 0.2) is 5.76 Å². The number of carbonyl (C=O) groups is 2. The molecular weight excluding hydrogens is 310 g/mol. The molecule has 1 aromatic carbocycles. The van der Waals surface area contributed by atoms with Gasteiger partial charge in [0.1, 0.15) is 0 Å². The molecule has 1 atom stereocenters. The molecule has 0 radical (unpaired) electrons. The fourth-order valence-corrected chi connectivity index (χ4v) is 2.78. The van der Waals surface area contributed by atoms with Crippen LogP contribution in [0, 0.1) is 0 Å². The summed E-state index contributed by atoms with van der Waals surface area (Å²) < 4.78 is 10.8. The highest BCUT2D eigenvalue weighted by molar-refractivity contribution is 5.93. The number of ether oxygens (including phenoxy) is 1. The van der Waals surface area contributed by atoms with Crippen LogP contribution < -0.4 is 0 Å². The Morgan fingerprint density at radius 3 is 2.50 bits per heavy atom. The Morgan fingerprint density at radius 1 is 1.12 bits per heavy atom. The van der Waals surface area contributed by atoms with E-state index in [-0.39, 0.29) is 23.5 Å². The van der Waals surface area contributed by atoms with E-state index in [1.807, 2.05) is 30.3 Å². The van der Waals surface area contributed by atoms with Gasteiger partial charge in [-0.2, -0.15) is 0 Å². The van der Waals surface area contributed by atoms with Crippen LogP contribution in [0.1, 0.15) is 39.5 Å². The fourth-order valence-electron chi connectivity index (χ4n) is 2.78. The average Bonchev–Trinajstić information content (AvgIpc) is 3.26. The van der Waals surface area contributed by atoms with Crippen LogP contribution in [0.25, 0.3) is 0 Å². The summed E-state index contributed by atoms with van der Waals surface area (Å²) in [7, 11) is 0. The summed E-state index contributed by atoms with van der Waals surface area (Å²) >= 11 is 0. The summed E-state index contributed by atoms with van der Waals surface area (Å²) in [6, 6.07) is 12.3. The van der Waals surface area contributed by atoms with Crippen LogP contribution in [0.3, 0.4) is 0 Å². The lowest BCUT2D eigenvalue weighted by molar-refractivity contribution is 0.0479. The van der Waals surface area contributed by atoms with Gasteiger partial charge in [-0.05, 0) is 30.5 Å². The first-order valence-corrected chi connectivity index (χ1v) is 7.91. The maximum absolute atomic E-state index is 12.8. The highest BCUT2D eigenvalue weighted by Crippen LogP contribution is 2.18. The predicted octanol–water partition coefficient (Wildman–Crippen LogP) is 2.80. The number of amides is 1. The number of hydrogen-bond acceptors (Lipinski definition) is 4. The van der Waals surface area contributed by atoms with E-state index in [0.717, 1.165) is 18.4 Å². The molecular formula is C18H19NO5. The molecule has 6 nitrogen and oxygen atoms in total. The number of hydrogen-bond donors (Lipinski definition) is 1. The van der Waals surface area contributed by atoms with Gasteiger partial charge < -0.3 is 19.2 Å². The molecule has 1 N–H and O–H groups in total. The number of carboxylic acid groups (broad SMARTS) is 1. The van der Waals surface area contributed by atoms with Crippen LogP contribution in [0.2, 0.25) is 0 Å². The van der Waals surface area contributed by atoms with Gasteiger partial charge in [-0.25, -0.2) is 4.79 Å². The van der Waals surface area contributed by atoms with Gasteiger partial charge in [0.25, 0.3) is 5.91 Å². The highest BCUT2D eigenvalue weighted by atomic mass is 16.5. The highest BCUT2D eigenvalue weighted by Gasteiger charge is 2.26. The SMILES string of the molecule is O=C(O)c1ccc(C(=O)N(Cc2ccccc2)CC2CCCO2)o1. The molecule has 24 heavy (non-hydrogen) atoms. The normalized spacial score (nSPS) is 16.9. The molecule has 0 aliphatic carbocycles. The van der Waals surface area contributed by atoms with Crippen molar-refractivity contribution in [3.05, 3.63) is 59.5 Å². The molecule has 1 saturated heterocycles. The van der Waals surface area contributed by atoms with Gasteiger partial charge in [0.2, 0.25) is 5.76 Å². The second-order valence-corrected chi connectivity index (χ2v) is 5.78. The van der Waals surface area contributed by atoms with Crippen molar-refractivity contribution in [2.75, 3.05) is 13.2 Å². The number of carboxylic acids is 1. The van der Waals surface area contributed by atoms with Crippen molar-refractivity contribution in [2.45, 2.75) is 25.5 Å². The number of carbonyl (C=O) groups excluding carboxylic acids is 1. The summed E-state index contributed by atoms with van der Waals surface area (Å²) in [5.41, 5.74) is 0.994. The van der Waals surface area contributed by atoms with Crippen LogP contribution in [0.4, 0.5) is 0 Å². The lowest BCUT2D eigenvalue weighted by atomic mass is 10.1. The van der Waals surface area contributed by atoms with Gasteiger partial charge in [-0.15, -0.1) is 0 Å². The first-order valence-electron chi connectivity index (χ1n) is 7.91. The maximum atomic E-state index is 12.8. The van der Waals surface area contributed by atoms with Crippen molar-refractivity contribution in [1.29, 1.82) is 0 Å². The quantitative estimate of drug-likeness (QED) is 0.881. The smallest absolute Gasteiger partial charge is 0.371 e. The van der Waals surface area contributed by atoms with Crippen molar-refractivity contribution in [3.8, 4) is 0 Å². The molecule has 1 unspecified atom stereocenters. The zero-order valence-electron chi connectivity index (χ0n) is 13.2. The maximum Gasteiger partial charge on any atom is 0.371 e. The largest absolute Gasteiger partial charge is 0.475 e. The Morgan fingerprint density at radius 2 is 1.88 bits per heavy atom. The zero-order chi connectivity index (χ0) is 16.9. The van der Waals surface area contributed by atoms with Crippen LogP contribution >= 0.6 is 0 Å². The molecule has 3 rings (SSSR count). The Labute approximate surface area is 139 Å². The average molecular weight is 329 g/mol. The van der Waals surface area contributed by atoms with Gasteiger partial charge in [-0.1, -0.05) is 30.3 Å². The molecule has 126 valence electrons. The Bertz CT molecular complexity index is 703. The van der Waals surface area contributed by atoms with Gasteiger partial charge in [0.05, 0.1) is 6.10 Å². The third-order valence-electron chi connectivity index (χ3n) is 3.98. The van der Waals surface area contributed by atoms with E-state index in [2.05, 4.69) is 0 Å². The molecule has 6 heteroatoms. The third-order valence-corrected chi connectivity index (χ3v) is 3.98. The van der Waals surface area contributed by atoms with E-state index in [4.69, 9.17) is 14.3 Å². The van der Waals surface area contributed by atoms with Crippen LogP contribution in [-0.4, -0.2) is 41.1 Å². The molecule has 1 fully saturated rings. The van der Waals surface area contributed by atoms with Crippen LogP contribution in [-0.2, 0) is 11.3 Å². The minimum atomic E-state index is -1.19.